The number of hydrogen-bond acceptors (Lipinski definition) is 5. The van der Waals surface area contributed by atoms with Crippen molar-refractivity contribution < 1.29 is 37.0 Å². The molecule has 0 spiro atoms. The fourth-order valence-corrected chi connectivity index (χ4v) is 2.39. The molecule has 1 saturated heterocycles. The summed E-state index contributed by atoms with van der Waals surface area (Å²) in [6.07, 6.45) is -4.29. The number of methoxy groups -OCH3 is 1. The number of benzene rings is 1. The van der Waals surface area contributed by atoms with Crippen molar-refractivity contribution in [3.63, 3.8) is 0 Å². The summed E-state index contributed by atoms with van der Waals surface area (Å²) < 4.78 is 51.8. The van der Waals surface area contributed by atoms with Crippen LogP contribution in [-0.4, -0.2) is 25.7 Å². The van der Waals surface area contributed by atoms with Gasteiger partial charge < -0.3 is 14.2 Å². The van der Waals surface area contributed by atoms with E-state index in [1.807, 2.05) is 0 Å². The van der Waals surface area contributed by atoms with Crippen molar-refractivity contribution in [2.24, 2.45) is 5.92 Å². The fourth-order valence-electron chi connectivity index (χ4n) is 2.39. The third-order valence-electron chi connectivity index (χ3n) is 3.53. The molecule has 0 aliphatic carbocycles. The molecule has 0 bridgehead atoms. The van der Waals surface area contributed by atoms with Crippen LogP contribution in [0.2, 0.25) is 0 Å². The summed E-state index contributed by atoms with van der Waals surface area (Å²) >= 11 is 0. The molecule has 1 aromatic rings. The minimum Gasteiger partial charge on any atom is -0.496 e. The highest BCUT2D eigenvalue weighted by Crippen LogP contribution is 2.40. The molecule has 0 radical (unpaired) electrons. The molecule has 0 unspecified atom stereocenters. The van der Waals surface area contributed by atoms with Crippen LogP contribution in [0.3, 0.4) is 0 Å². The Morgan fingerprint density at radius 3 is 2.67 bits per heavy atom. The molecule has 0 N–H and O–H groups in total. The zero-order valence-corrected chi connectivity index (χ0v) is 12.8. The van der Waals surface area contributed by atoms with Crippen molar-refractivity contribution in [1.82, 2.24) is 0 Å². The summed E-state index contributed by atoms with van der Waals surface area (Å²) in [7, 11) is 1.43. The highest BCUT2D eigenvalue weighted by Gasteiger charge is 2.43. The van der Waals surface area contributed by atoms with Gasteiger partial charge in [-0.05, 0) is 6.07 Å². The van der Waals surface area contributed by atoms with E-state index in [-0.39, 0.29) is 6.42 Å². The molecule has 2 rings (SSSR count). The molecule has 1 fully saturated rings. The Balaban J connectivity index is 2.08. The molecule has 1 aliphatic heterocycles. The molecule has 1 aromatic carbocycles. The van der Waals surface area contributed by atoms with E-state index in [4.69, 9.17) is 14.2 Å². The van der Waals surface area contributed by atoms with Gasteiger partial charge in [0, 0.05) is 12.0 Å². The van der Waals surface area contributed by atoms with Gasteiger partial charge in [-0.25, -0.2) is 4.39 Å². The lowest BCUT2D eigenvalue weighted by molar-refractivity contribution is -0.150. The fraction of sp³-hybridized carbons (Fsp3) is 0.375. The van der Waals surface area contributed by atoms with Gasteiger partial charge in [-0.3, -0.25) is 9.59 Å². The van der Waals surface area contributed by atoms with Crippen molar-refractivity contribution in [3.05, 3.63) is 41.7 Å². The molecular weight excluding hydrogens is 329 g/mol. The summed E-state index contributed by atoms with van der Waals surface area (Å²) in [5, 5.41) is 0. The third-order valence-corrected chi connectivity index (χ3v) is 3.53. The number of ether oxygens (including phenoxy) is 3. The van der Waals surface area contributed by atoms with E-state index in [0.29, 0.717) is 11.3 Å². The number of cyclic esters (lactones) is 1. The molecule has 130 valence electrons. The second-order valence-electron chi connectivity index (χ2n) is 5.05. The maximum absolute atomic E-state index is 12.7. The quantitative estimate of drug-likeness (QED) is 0.741. The molecule has 0 amide bonds. The molecule has 1 aliphatic rings. The topological polar surface area (TPSA) is 61.8 Å². The number of hydrogen-bond donors (Lipinski definition) is 0. The lowest BCUT2D eigenvalue weighted by Gasteiger charge is -2.19. The van der Waals surface area contributed by atoms with Crippen LogP contribution >= 0.6 is 0 Å². The highest BCUT2D eigenvalue weighted by atomic mass is 19.3. The Morgan fingerprint density at radius 2 is 2.00 bits per heavy atom. The zero-order valence-electron chi connectivity index (χ0n) is 12.8. The minimum atomic E-state index is -2.45. The molecule has 24 heavy (non-hydrogen) atoms. The predicted octanol–water partition coefficient (Wildman–Crippen LogP) is 3.31. The average Bonchev–Trinajstić information content (AvgIpc) is 2.96. The first-order valence-corrected chi connectivity index (χ1v) is 7.12. The average molecular weight is 344 g/mol. The number of esters is 2. The second kappa shape index (κ2) is 7.85. The normalized spacial score (nSPS) is 19.6. The van der Waals surface area contributed by atoms with Crippen LogP contribution in [-0.2, 0) is 19.1 Å². The van der Waals surface area contributed by atoms with E-state index in [1.54, 1.807) is 24.3 Å². The Kier molecular flexibility index (Phi) is 5.83. The lowest BCUT2D eigenvalue weighted by Crippen LogP contribution is -2.22. The van der Waals surface area contributed by atoms with E-state index in [1.165, 1.54) is 7.11 Å². The maximum atomic E-state index is 12.7. The summed E-state index contributed by atoms with van der Waals surface area (Å²) in [6, 6.07) is 6.70. The number of rotatable bonds is 6. The summed E-state index contributed by atoms with van der Waals surface area (Å²) in [5.74, 6) is -3.56. The van der Waals surface area contributed by atoms with Gasteiger partial charge in [-0.15, -0.1) is 0 Å². The van der Waals surface area contributed by atoms with Crippen LogP contribution in [0.25, 0.3) is 0 Å². The van der Waals surface area contributed by atoms with E-state index in [2.05, 4.69) is 0 Å². The predicted molar refractivity (Wildman–Crippen MR) is 75.9 cm³/mol. The van der Waals surface area contributed by atoms with Crippen molar-refractivity contribution in [2.75, 3.05) is 13.7 Å². The Hall–Kier alpha value is -2.51. The molecule has 1 heterocycles. The summed E-state index contributed by atoms with van der Waals surface area (Å²) in [5.41, 5.74) is 0.494. The first-order valence-electron chi connectivity index (χ1n) is 7.12. The van der Waals surface area contributed by atoms with Crippen LogP contribution in [0.15, 0.2) is 36.2 Å². The standard InChI is InChI=1S/C16H15F3O5/c1-22-12-5-3-2-4-9(12)14-10(8-13(20)24-14)16(21)23-7-6-11(17)15(18)19/h2-5,10,14H,6-8H2,1H3/t10-,14+/m0/s1. The van der Waals surface area contributed by atoms with Gasteiger partial charge in [0.25, 0.3) is 0 Å². The van der Waals surface area contributed by atoms with E-state index in [9.17, 15) is 22.8 Å². The second-order valence-corrected chi connectivity index (χ2v) is 5.05. The molecular formula is C16H15F3O5. The summed E-state index contributed by atoms with van der Waals surface area (Å²) in [4.78, 5) is 23.7. The van der Waals surface area contributed by atoms with Crippen molar-refractivity contribution >= 4 is 11.9 Å². The van der Waals surface area contributed by atoms with Crippen molar-refractivity contribution in [2.45, 2.75) is 18.9 Å². The highest BCUT2D eigenvalue weighted by molar-refractivity contribution is 5.84. The van der Waals surface area contributed by atoms with Gasteiger partial charge >= 0.3 is 18.0 Å². The van der Waals surface area contributed by atoms with Crippen LogP contribution in [0.5, 0.6) is 5.75 Å². The van der Waals surface area contributed by atoms with Gasteiger partial charge in [0.2, 0.25) is 0 Å². The minimum absolute atomic E-state index is 0.211. The number of para-hydroxylation sites is 1. The number of carbonyl (C=O) groups excluding carboxylic acids is 2. The first-order chi connectivity index (χ1) is 11.4. The van der Waals surface area contributed by atoms with Crippen LogP contribution in [0.1, 0.15) is 24.5 Å². The van der Waals surface area contributed by atoms with Crippen LogP contribution in [0.4, 0.5) is 13.2 Å². The van der Waals surface area contributed by atoms with Crippen LogP contribution < -0.4 is 4.74 Å². The molecule has 5 nitrogen and oxygen atoms in total. The lowest BCUT2D eigenvalue weighted by atomic mass is 9.94. The van der Waals surface area contributed by atoms with Crippen LogP contribution in [0, 0.1) is 5.92 Å². The molecule has 2 atom stereocenters. The maximum Gasteiger partial charge on any atom is 0.313 e. The number of carbonyl (C=O) groups is 2. The molecule has 0 aromatic heterocycles. The van der Waals surface area contributed by atoms with Gasteiger partial charge in [0.15, 0.2) is 5.83 Å². The SMILES string of the molecule is COc1ccccc1[C@H]1OC(=O)C[C@@H]1C(=O)OCCC(F)=C(F)F. The van der Waals surface area contributed by atoms with E-state index < -0.39 is 48.9 Å². The molecule has 8 heteroatoms. The van der Waals surface area contributed by atoms with Crippen molar-refractivity contribution in [3.8, 4) is 5.75 Å². The van der Waals surface area contributed by atoms with E-state index >= 15 is 0 Å². The van der Waals surface area contributed by atoms with E-state index in [0.717, 1.165) is 0 Å². The Labute approximate surface area is 136 Å². The van der Waals surface area contributed by atoms with Gasteiger partial charge in [-0.2, -0.15) is 8.78 Å². The summed E-state index contributed by atoms with van der Waals surface area (Å²) in [6.45, 7) is -0.550. The molecule has 0 saturated carbocycles. The van der Waals surface area contributed by atoms with Crippen molar-refractivity contribution in [1.29, 1.82) is 0 Å². The van der Waals surface area contributed by atoms with Gasteiger partial charge in [-0.1, -0.05) is 18.2 Å². The zero-order chi connectivity index (χ0) is 17.7. The third kappa shape index (κ3) is 4.06. The largest absolute Gasteiger partial charge is 0.496 e. The Morgan fingerprint density at radius 1 is 1.29 bits per heavy atom. The Bertz CT molecular complexity index is 655. The number of halogens is 3. The van der Waals surface area contributed by atoms with Gasteiger partial charge in [0.05, 0.1) is 20.1 Å². The smallest absolute Gasteiger partial charge is 0.313 e. The first kappa shape index (κ1) is 17.8. The van der Waals surface area contributed by atoms with Gasteiger partial charge in [0.1, 0.15) is 17.8 Å². The monoisotopic (exact) mass is 344 g/mol.